The molecule has 146 valence electrons. The molecule has 27 heavy (non-hydrogen) atoms. The van der Waals surface area contributed by atoms with E-state index in [0.29, 0.717) is 22.8 Å². The second-order valence-corrected chi connectivity index (χ2v) is 9.63. The zero-order valence-corrected chi connectivity index (χ0v) is 18.6. The number of carbonyl (C=O) groups excluding carboxylic acids is 1. The van der Waals surface area contributed by atoms with Crippen LogP contribution < -0.4 is 9.62 Å². The topological polar surface area (TPSA) is 66.5 Å². The fourth-order valence-electron chi connectivity index (χ4n) is 2.76. The lowest BCUT2D eigenvalue weighted by Gasteiger charge is -2.23. The van der Waals surface area contributed by atoms with Gasteiger partial charge >= 0.3 is 0 Å². The minimum absolute atomic E-state index is 0.192. The largest absolute Gasteiger partial charge is 0.326 e. The fraction of sp³-hybridized carbons (Fsp3) is 0.316. The van der Waals surface area contributed by atoms with Gasteiger partial charge in [0.1, 0.15) is 0 Å². The first-order chi connectivity index (χ1) is 12.6. The lowest BCUT2D eigenvalue weighted by atomic mass is 10.1. The molecule has 2 aromatic rings. The summed E-state index contributed by atoms with van der Waals surface area (Å²) in [5, 5.41) is 3.27. The number of benzene rings is 2. The second kappa shape index (κ2) is 9.08. The zero-order chi connectivity index (χ0) is 20.2. The predicted molar refractivity (Wildman–Crippen MR) is 115 cm³/mol. The predicted octanol–water partition coefficient (Wildman–Crippen LogP) is 4.90. The Morgan fingerprint density at radius 2 is 1.78 bits per heavy atom. The van der Waals surface area contributed by atoms with Gasteiger partial charge in [0.25, 0.3) is 0 Å². The lowest BCUT2D eigenvalue weighted by molar-refractivity contribution is -0.116. The highest BCUT2D eigenvalue weighted by molar-refractivity contribution is 9.10. The molecule has 0 atom stereocenters. The van der Waals surface area contributed by atoms with Gasteiger partial charge in [0.2, 0.25) is 15.9 Å². The summed E-state index contributed by atoms with van der Waals surface area (Å²) in [4.78, 5) is 12.2. The van der Waals surface area contributed by atoms with Crippen molar-refractivity contribution in [2.45, 2.75) is 26.7 Å². The van der Waals surface area contributed by atoms with Crippen LogP contribution in [0.15, 0.2) is 40.9 Å². The van der Waals surface area contributed by atoms with Gasteiger partial charge in [0.15, 0.2) is 0 Å². The number of nitrogens with zero attached hydrogens (tertiary/aromatic N) is 1. The van der Waals surface area contributed by atoms with Crippen molar-refractivity contribution in [3.05, 3.63) is 57.0 Å². The number of nitrogens with one attached hydrogen (secondary N) is 1. The molecule has 1 amide bonds. The van der Waals surface area contributed by atoms with Gasteiger partial charge in [0, 0.05) is 23.1 Å². The molecule has 8 heteroatoms. The SMILES string of the molecule is Cc1cc(C)cc(N(CCCC(=O)Nc2ccc(Br)c(Cl)c2)S(C)(=O)=O)c1. The second-order valence-electron chi connectivity index (χ2n) is 6.46. The Balaban J connectivity index is 2.01. The van der Waals surface area contributed by atoms with Crippen LogP contribution in [-0.2, 0) is 14.8 Å². The Morgan fingerprint density at radius 3 is 2.33 bits per heavy atom. The molecule has 0 unspecified atom stereocenters. The smallest absolute Gasteiger partial charge is 0.232 e. The Hall–Kier alpha value is -1.57. The van der Waals surface area contributed by atoms with Crippen LogP contribution in [0, 0.1) is 13.8 Å². The quantitative estimate of drug-likeness (QED) is 0.622. The van der Waals surface area contributed by atoms with E-state index in [-0.39, 0.29) is 18.9 Å². The van der Waals surface area contributed by atoms with Crippen molar-refractivity contribution >= 4 is 54.8 Å². The molecule has 0 radical (unpaired) electrons. The highest BCUT2D eigenvalue weighted by atomic mass is 79.9. The summed E-state index contributed by atoms with van der Waals surface area (Å²) in [5.74, 6) is -0.192. The third kappa shape index (κ3) is 6.52. The number of anilines is 2. The van der Waals surface area contributed by atoms with Gasteiger partial charge in [-0.15, -0.1) is 0 Å². The van der Waals surface area contributed by atoms with E-state index in [1.54, 1.807) is 18.2 Å². The van der Waals surface area contributed by atoms with Crippen LogP contribution in [-0.4, -0.2) is 27.1 Å². The van der Waals surface area contributed by atoms with E-state index < -0.39 is 10.0 Å². The molecular weight excluding hydrogens is 452 g/mol. The Labute approximate surface area is 173 Å². The standard InChI is InChI=1S/C19H22BrClN2O3S/c1-13-9-14(2)11-16(10-13)23(27(3,25)26)8-4-5-19(24)22-15-6-7-17(20)18(21)12-15/h6-7,9-12H,4-5,8H2,1-3H3,(H,22,24). The zero-order valence-electron chi connectivity index (χ0n) is 15.4. The number of aryl methyl sites for hydroxylation is 2. The minimum atomic E-state index is -3.44. The van der Waals surface area contributed by atoms with Gasteiger partial charge < -0.3 is 5.32 Å². The molecule has 2 rings (SSSR count). The molecule has 0 aliphatic carbocycles. The molecule has 0 saturated heterocycles. The normalized spacial score (nSPS) is 11.3. The summed E-state index contributed by atoms with van der Waals surface area (Å²) in [6, 6.07) is 10.8. The molecule has 0 bridgehead atoms. The molecule has 0 saturated carbocycles. The maximum Gasteiger partial charge on any atom is 0.232 e. The molecule has 1 N–H and O–H groups in total. The number of hydrogen-bond donors (Lipinski definition) is 1. The first-order valence-electron chi connectivity index (χ1n) is 8.37. The van der Waals surface area contributed by atoms with E-state index >= 15 is 0 Å². The number of hydrogen-bond acceptors (Lipinski definition) is 3. The van der Waals surface area contributed by atoms with Crippen LogP contribution in [0.25, 0.3) is 0 Å². The van der Waals surface area contributed by atoms with Crippen LogP contribution in [0.1, 0.15) is 24.0 Å². The first kappa shape index (κ1) is 21.7. The maximum absolute atomic E-state index is 12.2. The van der Waals surface area contributed by atoms with Crippen molar-refractivity contribution in [1.82, 2.24) is 0 Å². The third-order valence-corrected chi connectivity index (χ3v) is 6.29. The monoisotopic (exact) mass is 472 g/mol. The Bertz CT molecular complexity index is 928. The van der Waals surface area contributed by atoms with Crippen molar-refractivity contribution in [1.29, 1.82) is 0 Å². The molecule has 0 heterocycles. The molecule has 0 fully saturated rings. The number of sulfonamides is 1. The van der Waals surface area contributed by atoms with E-state index in [1.165, 1.54) is 10.6 Å². The minimum Gasteiger partial charge on any atom is -0.326 e. The summed E-state index contributed by atoms with van der Waals surface area (Å²) in [6.45, 7) is 4.08. The van der Waals surface area contributed by atoms with Crippen LogP contribution in [0.5, 0.6) is 0 Å². The number of amides is 1. The van der Waals surface area contributed by atoms with E-state index in [9.17, 15) is 13.2 Å². The number of halogens is 2. The van der Waals surface area contributed by atoms with Crippen LogP contribution in [0.2, 0.25) is 5.02 Å². The van der Waals surface area contributed by atoms with Crippen LogP contribution >= 0.6 is 27.5 Å². The van der Waals surface area contributed by atoms with Crippen molar-refractivity contribution in [2.24, 2.45) is 0 Å². The average Bonchev–Trinajstić information content (AvgIpc) is 2.53. The molecule has 0 aromatic heterocycles. The van der Waals surface area contributed by atoms with Crippen LogP contribution in [0.4, 0.5) is 11.4 Å². The van der Waals surface area contributed by atoms with Crippen LogP contribution in [0.3, 0.4) is 0 Å². The fourth-order valence-corrected chi connectivity index (χ4v) is 4.14. The van der Waals surface area contributed by atoms with Gasteiger partial charge in [-0.25, -0.2) is 8.42 Å². The summed E-state index contributed by atoms with van der Waals surface area (Å²) in [6.07, 6.45) is 1.77. The maximum atomic E-state index is 12.2. The van der Waals surface area contributed by atoms with E-state index in [1.807, 2.05) is 32.0 Å². The van der Waals surface area contributed by atoms with Crippen molar-refractivity contribution < 1.29 is 13.2 Å². The van der Waals surface area contributed by atoms with Crippen molar-refractivity contribution in [3.63, 3.8) is 0 Å². The van der Waals surface area contributed by atoms with Gasteiger partial charge in [-0.1, -0.05) is 17.7 Å². The lowest BCUT2D eigenvalue weighted by Crippen LogP contribution is -2.31. The van der Waals surface area contributed by atoms with Crippen molar-refractivity contribution in [3.8, 4) is 0 Å². The van der Waals surface area contributed by atoms with Gasteiger partial charge in [0.05, 0.1) is 17.0 Å². The van der Waals surface area contributed by atoms with Crippen molar-refractivity contribution in [2.75, 3.05) is 22.4 Å². The summed E-state index contributed by atoms with van der Waals surface area (Å²) in [7, 11) is -3.44. The molecule has 0 aliphatic heterocycles. The Morgan fingerprint density at radius 1 is 1.15 bits per heavy atom. The summed E-state index contributed by atoms with van der Waals surface area (Å²) >= 11 is 9.31. The van der Waals surface area contributed by atoms with Gasteiger partial charge in [-0.05, 0) is 77.7 Å². The molecular formula is C19H22BrClN2O3S. The molecule has 0 aliphatic rings. The highest BCUT2D eigenvalue weighted by Gasteiger charge is 2.18. The van der Waals surface area contributed by atoms with E-state index in [0.717, 1.165) is 15.6 Å². The van der Waals surface area contributed by atoms with Gasteiger partial charge in [-0.3, -0.25) is 9.10 Å². The molecule has 2 aromatic carbocycles. The third-order valence-electron chi connectivity index (χ3n) is 3.86. The summed E-state index contributed by atoms with van der Waals surface area (Å²) < 4.78 is 26.5. The van der Waals surface area contributed by atoms with Gasteiger partial charge in [-0.2, -0.15) is 0 Å². The average molecular weight is 474 g/mol. The first-order valence-corrected chi connectivity index (χ1v) is 11.4. The molecule has 5 nitrogen and oxygen atoms in total. The highest BCUT2D eigenvalue weighted by Crippen LogP contribution is 2.26. The molecule has 0 spiro atoms. The van der Waals surface area contributed by atoms with E-state index in [4.69, 9.17) is 11.6 Å². The van der Waals surface area contributed by atoms with E-state index in [2.05, 4.69) is 21.2 Å². The summed E-state index contributed by atoms with van der Waals surface area (Å²) in [5.41, 5.74) is 3.20. The number of carbonyl (C=O) groups is 1. The number of rotatable bonds is 7. The Kier molecular flexibility index (Phi) is 7.31.